The number of amides is 1. The van der Waals surface area contributed by atoms with E-state index in [0.717, 1.165) is 32.1 Å². The molecule has 1 rings (SSSR count). The molecular formula is C10H18F3NO. The van der Waals surface area contributed by atoms with Gasteiger partial charge in [0.2, 0.25) is 5.91 Å². The smallest absolute Gasteiger partial charge is 0.353 e. The van der Waals surface area contributed by atoms with E-state index < -0.39 is 24.9 Å². The Morgan fingerprint density at radius 2 is 1.87 bits per heavy atom. The molecule has 0 heterocycles. The zero-order chi connectivity index (χ0) is 11.3. The number of carbonyl (C=O) groups excluding carboxylic acids is 1. The average molecular weight is 225 g/mol. The number of alkyl halides is 3. The van der Waals surface area contributed by atoms with Crippen molar-refractivity contribution in [2.24, 2.45) is 0 Å². The quantitative estimate of drug-likeness (QED) is 0.785. The van der Waals surface area contributed by atoms with Crippen molar-refractivity contribution < 1.29 is 19.4 Å². The van der Waals surface area contributed by atoms with Crippen LogP contribution in [-0.4, -0.2) is 18.1 Å². The molecule has 0 aromatic rings. The Hall–Kier alpha value is -0.740. The fourth-order valence-corrected chi connectivity index (χ4v) is 1.80. The summed E-state index contributed by atoms with van der Waals surface area (Å²) in [6, 6.07) is 0.0967. The molecule has 0 atom stereocenters. The highest BCUT2D eigenvalue weighted by molar-refractivity contribution is 5.76. The van der Waals surface area contributed by atoms with Crippen LogP contribution in [-0.2, 0) is 4.79 Å². The lowest BCUT2D eigenvalue weighted by Gasteiger charge is -2.22. The molecule has 0 aliphatic heterocycles. The number of hydrogen-bond acceptors (Lipinski definition) is 1. The second kappa shape index (κ2) is 5.37. The summed E-state index contributed by atoms with van der Waals surface area (Å²) in [6.07, 6.45) is -0.617. The first-order valence-electron chi connectivity index (χ1n) is 5.33. The van der Waals surface area contributed by atoms with Gasteiger partial charge in [0, 0.05) is 13.9 Å². The number of halogens is 3. The molecule has 0 aromatic carbocycles. The Kier molecular flexibility index (Phi) is 4.42. The highest BCUT2D eigenvalue weighted by Crippen LogP contribution is 2.22. The van der Waals surface area contributed by atoms with Gasteiger partial charge in [-0.2, -0.15) is 13.2 Å². The first-order valence-corrected chi connectivity index (χ1v) is 5.33. The Morgan fingerprint density at radius 3 is 2.40 bits per heavy atom. The van der Waals surface area contributed by atoms with Gasteiger partial charge in [0.25, 0.3) is 0 Å². The minimum Gasteiger partial charge on any atom is -0.353 e. The molecule has 1 fully saturated rings. The highest BCUT2D eigenvalue weighted by Gasteiger charge is 2.28. The van der Waals surface area contributed by atoms with Gasteiger partial charge in [0.1, 0.15) is 0 Å². The van der Waals surface area contributed by atoms with Crippen molar-refractivity contribution in [1.29, 1.82) is 0 Å². The third-order valence-electron chi connectivity index (χ3n) is 2.61. The van der Waals surface area contributed by atoms with Gasteiger partial charge >= 0.3 is 6.18 Å². The Morgan fingerprint density at radius 1 is 1.27 bits per heavy atom. The van der Waals surface area contributed by atoms with E-state index in [1.807, 2.05) is 0 Å². The minimum atomic E-state index is -4.23. The highest BCUT2D eigenvalue weighted by atomic mass is 19.4. The van der Waals surface area contributed by atoms with E-state index in [0.29, 0.717) is 0 Å². The molecule has 0 spiro atoms. The van der Waals surface area contributed by atoms with Crippen molar-refractivity contribution in [3.05, 3.63) is 0 Å². The van der Waals surface area contributed by atoms with Crippen molar-refractivity contribution in [3.63, 3.8) is 0 Å². The van der Waals surface area contributed by atoms with E-state index >= 15 is 0 Å². The predicted octanol–water partition coefficient (Wildman–Crippen LogP) is 3.02. The fraction of sp³-hybridized carbons (Fsp3) is 0.900. The summed E-state index contributed by atoms with van der Waals surface area (Å²) in [5.41, 5.74) is 0. The average Bonchev–Trinajstić information content (AvgIpc) is 2.15. The third-order valence-corrected chi connectivity index (χ3v) is 2.61. The van der Waals surface area contributed by atoms with E-state index in [-0.39, 0.29) is 7.47 Å². The SMILES string of the molecule is O=C(CCC(F)(F)F)NC1CCCCC1.[HH]. The summed E-state index contributed by atoms with van der Waals surface area (Å²) in [5, 5.41) is 2.65. The van der Waals surface area contributed by atoms with Gasteiger partial charge in [-0.05, 0) is 12.8 Å². The van der Waals surface area contributed by atoms with Gasteiger partial charge in [0.05, 0.1) is 6.42 Å². The lowest BCUT2D eigenvalue weighted by atomic mass is 9.95. The molecule has 0 radical (unpaired) electrons. The second-order valence-corrected chi connectivity index (χ2v) is 4.02. The van der Waals surface area contributed by atoms with Gasteiger partial charge in [-0.25, -0.2) is 0 Å². The predicted molar refractivity (Wildman–Crippen MR) is 52.4 cm³/mol. The van der Waals surface area contributed by atoms with Gasteiger partial charge in [0.15, 0.2) is 0 Å². The molecule has 1 amide bonds. The van der Waals surface area contributed by atoms with Crippen LogP contribution in [0.2, 0.25) is 0 Å². The van der Waals surface area contributed by atoms with Crippen molar-refractivity contribution >= 4 is 5.91 Å². The zero-order valence-electron chi connectivity index (χ0n) is 8.57. The topological polar surface area (TPSA) is 29.1 Å². The van der Waals surface area contributed by atoms with E-state index in [4.69, 9.17) is 0 Å². The molecule has 90 valence electrons. The van der Waals surface area contributed by atoms with E-state index in [2.05, 4.69) is 5.32 Å². The summed E-state index contributed by atoms with van der Waals surface area (Å²) in [4.78, 5) is 11.1. The first kappa shape index (κ1) is 12.3. The summed E-state index contributed by atoms with van der Waals surface area (Å²) in [6.45, 7) is 0. The molecule has 15 heavy (non-hydrogen) atoms. The molecule has 1 N–H and O–H groups in total. The Bertz CT molecular complexity index is 215. The molecule has 1 aliphatic rings. The van der Waals surface area contributed by atoms with Crippen LogP contribution >= 0.6 is 0 Å². The maximum atomic E-state index is 11.8. The Labute approximate surface area is 88.7 Å². The molecule has 0 bridgehead atoms. The van der Waals surface area contributed by atoms with Crippen molar-refractivity contribution in [1.82, 2.24) is 5.32 Å². The molecule has 5 heteroatoms. The maximum Gasteiger partial charge on any atom is 0.389 e. The van der Waals surface area contributed by atoms with Crippen LogP contribution in [0, 0.1) is 0 Å². The van der Waals surface area contributed by atoms with Crippen LogP contribution < -0.4 is 5.32 Å². The van der Waals surface area contributed by atoms with Crippen molar-refractivity contribution in [2.75, 3.05) is 0 Å². The van der Waals surface area contributed by atoms with Crippen LogP contribution in [0.25, 0.3) is 0 Å². The van der Waals surface area contributed by atoms with E-state index in [9.17, 15) is 18.0 Å². The minimum absolute atomic E-state index is 0. The molecule has 1 saturated carbocycles. The van der Waals surface area contributed by atoms with E-state index in [1.165, 1.54) is 0 Å². The number of nitrogens with one attached hydrogen (secondary N) is 1. The molecule has 2 nitrogen and oxygen atoms in total. The summed E-state index contributed by atoms with van der Waals surface area (Å²) < 4.78 is 35.4. The first-order chi connectivity index (χ1) is 6.97. The van der Waals surface area contributed by atoms with Crippen LogP contribution in [0.15, 0.2) is 0 Å². The van der Waals surface area contributed by atoms with Crippen LogP contribution in [0.5, 0.6) is 0 Å². The Balaban J connectivity index is 0.00000225. The van der Waals surface area contributed by atoms with Gasteiger partial charge in [-0.15, -0.1) is 0 Å². The van der Waals surface area contributed by atoms with Gasteiger partial charge < -0.3 is 5.32 Å². The van der Waals surface area contributed by atoms with Gasteiger partial charge in [-0.3, -0.25) is 4.79 Å². The van der Waals surface area contributed by atoms with Crippen LogP contribution in [0.3, 0.4) is 0 Å². The lowest BCUT2D eigenvalue weighted by Crippen LogP contribution is -2.36. The number of hydrogen-bond donors (Lipinski definition) is 1. The normalized spacial score (nSPS) is 18.9. The molecule has 1 aliphatic carbocycles. The van der Waals surface area contributed by atoms with Crippen molar-refractivity contribution in [3.8, 4) is 0 Å². The largest absolute Gasteiger partial charge is 0.389 e. The molecule has 0 aromatic heterocycles. The molecule has 0 unspecified atom stereocenters. The second-order valence-electron chi connectivity index (χ2n) is 4.02. The third kappa shape index (κ3) is 5.64. The summed E-state index contributed by atoms with van der Waals surface area (Å²) >= 11 is 0. The van der Waals surface area contributed by atoms with Gasteiger partial charge in [-0.1, -0.05) is 19.3 Å². The van der Waals surface area contributed by atoms with E-state index in [1.54, 1.807) is 0 Å². The number of carbonyl (C=O) groups is 1. The summed E-state index contributed by atoms with van der Waals surface area (Å²) in [7, 11) is 0. The zero-order valence-corrected chi connectivity index (χ0v) is 8.57. The van der Waals surface area contributed by atoms with Crippen LogP contribution in [0.4, 0.5) is 13.2 Å². The molecular weight excluding hydrogens is 207 g/mol. The number of rotatable bonds is 3. The fourth-order valence-electron chi connectivity index (χ4n) is 1.80. The van der Waals surface area contributed by atoms with Crippen LogP contribution in [0.1, 0.15) is 46.4 Å². The molecule has 0 saturated heterocycles. The monoisotopic (exact) mass is 225 g/mol. The summed E-state index contributed by atoms with van der Waals surface area (Å²) in [5.74, 6) is -0.473. The maximum absolute atomic E-state index is 11.8. The standard InChI is InChI=1S/C10H16F3NO.H2/c11-10(12,13)7-6-9(15)14-8-4-2-1-3-5-8;/h8H,1-7H2,(H,14,15);1H. The van der Waals surface area contributed by atoms with Crippen molar-refractivity contribution in [2.45, 2.75) is 57.2 Å². The lowest BCUT2D eigenvalue weighted by molar-refractivity contribution is -0.144.